The lowest BCUT2D eigenvalue weighted by Gasteiger charge is -2.25. The first-order valence-electron chi connectivity index (χ1n) is 18.3. The zero-order valence-electron chi connectivity index (χ0n) is 28.1. The summed E-state index contributed by atoms with van der Waals surface area (Å²) in [5.41, 5.74) is 4.16. The van der Waals surface area contributed by atoms with Crippen molar-refractivity contribution in [2.75, 3.05) is 0 Å². The van der Waals surface area contributed by atoms with Crippen molar-refractivity contribution < 1.29 is 10.2 Å². The fraction of sp³-hybridized carbons (Fsp3) is 0.650. The standard InChI is InChI=1S/C40H62N2O2/c1-3-5-7-9-11-12-13-14-16-18-22-34-26-28-40(44)36(30-34)32-42-38-24-20-19-23-37(38)41-31-35-29-33(25-27-39(35)43)21-17-15-10-8-6-4-2/h25-32,37-38,43-44H,3-24H2,1-2H3/t37-,38+/m0/s1. The molecule has 0 aromatic heterocycles. The summed E-state index contributed by atoms with van der Waals surface area (Å²) in [6.07, 6.45) is 31.3. The Morgan fingerprint density at radius 2 is 0.909 bits per heavy atom. The van der Waals surface area contributed by atoms with Gasteiger partial charge in [-0.05, 0) is 73.9 Å². The van der Waals surface area contributed by atoms with Crippen molar-refractivity contribution in [2.24, 2.45) is 9.98 Å². The maximum Gasteiger partial charge on any atom is 0.124 e. The number of hydrogen-bond donors (Lipinski definition) is 2. The third-order valence-electron chi connectivity index (χ3n) is 9.33. The minimum absolute atomic E-state index is 0.0958. The van der Waals surface area contributed by atoms with Crippen LogP contribution >= 0.6 is 0 Å². The summed E-state index contributed by atoms with van der Waals surface area (Å²) in [5.74, 6) is 0.587. The lowest BCUT2D eigenvalue weighted by atomic mass is 9.91. The van der Waals surface area contributed by atoms with E-state index in [2.05, 4.69) is 32.0 Å². The minimum Gasteiger partial charge on any atom is -0.507 e. The molecule has 1 fully saturated rings. The van der Waals surface area contributed by atoms with Crippen molar-refractivity contribution in [3.63, 3.8) is 0 Å². The molecule has 0 saturated heterocycles. The molecule has 2 aromatic rings. The number of rotatable bonds is 22. The van der Waals surface area contributed by atoms with E-state index in [0.717, 1.165) is 49.7 Å². The topological polar surface area (TPSA) is 65.2 Å². The highest BCUT2D eigenvalue weighted by Crippen LogP contribution is 2.26. The third-order valence-corrected chi connectivity index (χ3v) is 9.33. The zero-order valence-corrected chi connectivity index (χ0v) is 28.1. The number of phenolic OH excluding ortho intramolecular Hbond substituents is 2. The highest BCUT2D eigenvalue weighted by Gasteiger charge is 2.23. The van der Waals surface area contributed by atoms with Crippen LogP contribution in [0.2, 0.25) is 0 Å². The first-order valence-corrected chi connectivity index (χ1v) is 18.3. The number of aromatic hydroxyl groups is 2. The second-order valence-corrected chi connectivity index (χ2v) is 13.2. The van der Waals surface area contributed by atoms with E-state index in [1.54, 1.807) is 0 Å². The van der Waals surface area contributed by atoms with Crippen molar-refractivity contribution in [3.8, 4) is 11.5 Å². The SMILES string of the molecule is CCCCCCCCCCCCc1ccc(O)c(C=N[C@@H]2CCCC[C@@H]2N=Cc2cc(CCCCCCCC)ccc2O)c1. The van der Waals surface area contributed by atoms with Crippen LogP contribution in [0.1, 0.15) is 165 Å². The predicted octanol–water partition coefficient (Wildman–Crippen LogP) is 11.3. The van der Waals surface area contributed by atoms with Crippen LogP contribution in [0.15, 0.2) is 46.4 Å². The molecule has 2 aromatic carbocycles. The molecule has 244 valence electrons. The Hall–Kier alpha value is -2.62. The van der Waals surface area contributed by atoms with Crippen LogP contribution in [0.25, 0.3) is 0 Å². The van der Waals surface area contributed by atoms with Crippen molar-refractivity contribution in [1.29, 1.82) is 0 Å². The number of phenols is 2. The van der Waals surface area contributed by atoms with Gasteiger partial charge in [0.15, 0.2) is 0 Å². The fourth-order valence-corrected chi connectivity index (χ4v) is 6.44. The number of benzene rings is 2. The third kappa shape index (κ3) is 14.0. The van der Waals surface area contributed by atoms with E-state index in [1.807, 2.05) is 30.6 Å². The van der Waals surface area contributed by atoms with E-state index in [1.165, 1.54) is 114 Å². The number of unbranched alkanes of at least 4 members (excludes halogenated alkanes) is 14. The van der Waals surface area contributed by atoms with Crippen molar-refractivity contribution >= 4 is 12.4 Å². The average molecular weight is 603 g/mol. The lowest BCUT2D eigenvalue weighted by Crippen LogP contribution is -2.27. The fourth-order valence-electron chi connectivity index (χ4n) is 6.44. The van der Waals surface area contributed by atoms with Gasteiger partial charge in [-0.15, -0.1) is 0 Å². The Morgan fingerprint density at radius 3 is 1.30 bits per heavy atom. The molecule has 4 heteroatoms. The number of aliphatic imine (C=N–C) groups is 2. The first-order chi connectivity index (χ1) is 21.6. The molecule has 0 amide bonds. The molecule has 0 heterocycles. The van der Waals surface area contributed by atoms with Gasteiger partial charge in [-0.3, -0.25) is 9.98 Å². The molecule has 2 N–H and O–H groups in total. The molecule has 0 bridgehead atoms. The van der Waals surface area contributed by atoms with E-state index in [-0.39, 0.29) is 12.1 Å². The van der Waals surface area contributed by atoms with Crippen LogP contribution < -0.4 is 0 Å². The molecule has 0 radical (unpaired) electrons. The number of aryl methyl sites for hydroxylation is 2. The first kappa shape index (κ1) is 35.9. The molecule has 1 aliphatic rings. The van der Waals surface area contributed by atoms with Gasteiger partial charge in [-0.1, -0.05) is 129 Å². The van der Waals surface area contributed by atoms with Gasteiger partial charge in [0.1, 0.15) is 11.5 Å². The van der Waals surface area contributed by atoms with Crippen LogP contribution in [0.3, 0.4) is 0 Å². The van der Waals surface area contributed by atoms with Crippen LogP contribution in [0.5, 0.6) is 11.5 Å². The van der Waals surface area contributed by atoms with Crippen molar-refractivity contribution in [2.45, 2.75) is 167 Å². The van der Waals surface area contributed by atoms with Crippen LogP contribution in [-0.2, 0) is 12.8 Å². The molecular formula is C40H62N2O2. The summed E-state index contributed by atoms with van der Waals surface area (Å²) in [6, 6.07) is 12.1. The Labute approximate surface area is 269 Å². The van der Waals surface area contributed by atoms with Gasteiger partial charge in [0.25, 0.3) is 0 Å². The van der Waals surface area contributed by atoms with Crippen molar-refractivity contribution in [1.82, 2.24) is 0 Å². The average Bonchev–Trinajstić information content (AvgIpc) is 3.04. The van der Waals surface area contributed by atoms with E-state index in [4.69, 9.17) is 9.98 Å². The molecule has 3 rings (SSSR count). The lowest BCUT2D eigenvalue weighted by molar-refractivity contribution is 0.390. The van der Waals surface area contributed by atoms with Crippen LogP contribution in [0.4, 0.5) is 0 Å². The zero-order chi connectivity index (χ0) is 31.2. The summed E-state index contributed by atoms with van der Waals surface area (Å²) in [6.45, 7) is 4.53. The molecule has 1 saturated carbocycles. The highest BCUT2D eigenvalue weighted by atomic mass is 16.3. The normalized spacial score (nSPS) is 17.2. The van der Waals surface area contributed by atoms with Gasteiger partial charge < -0.3 is 10.2 Å². The molecule has 2 atom stereocenters. The van der Waals surface area contributed by atoms with E-state index >= 15 is 0 Å². The van der Waals surface area contributed by atoms with Gasteiger partial charge in [-0.25, -0.2) is 0 Å². The maximum atomic E-state index is 10.6. The molecule has 0 unspecified atom stereocenters. The second kappa shape index (κ2) is 22.0. The Bertz CT molecular complexity index is 1110. The number of hydrogen-bond acceptors (Lipinski definition) is 4. The quantitative estimate of drug-likeness (QED) is 0.104. The van der Waals surface area contributed by atoms with E-state index in [9.17, 15) is 10.2 Å². The maximum absolute atomic E-state index is 10.6. The Balaban J connectivity index is 1.49. The van der Waals surface area contributed by atoms with Gasteiger partial charge >= 0.3 is 0 Å². The Kier molecular flexibility index (Phi) is 17.9. The predicted molar refractivity (Wildman–Crippen MR) is 190 cm³/mol. The summed E-state index contributed by atoms with van der Waals surface area (Å²) >= 11 is 0. The Morgan fingerprint density at radius 1 is 0.545 bits per heavy atom. The number of nitrogens with zero attached hydrogens (tertiary/aromatic N) is 2. The van der Waals surface area contributed by atoms with Gasteiger partial charge in [0, 0.05) is 23.6 Å². The summed E-state index contributed by atoms with van der Waals surface area (Å²) in [5, 5.41) is 21.1. The monoisotopic (exact) mass is 602 g/mol. The summed E-state index contributed by atoms with van der Waals surface area (Å²) < 4.78 is 0. The van der Waals surface area contributed by atoms with Gasteiger partial charge in [0.2, 0.25) is 0 Å². The molecular weight excluding hydrogens is 540 g/mol. The smallest absolute Gasteiger partial charge is 0.124 e. The van der Waals surface area contributed by atoms with E-state index in [0.29, 0.717) is 11.5 Å². The van der Waals surface area contributed by atoms with E-state index < -0.39 is 0 Å². The molecule has 0 spiro atoms. The van der Waals surface area contributed by atoms with Crippen LogP contribution in [0, 0.1) is 0 Å². The highest BCUT2D eigenvalue weighted by molar-refractivity contribution is 5.84. The molecule has 4 nitrogen and oxygen atoms in total. The second-order valence-electron chi connectivity index (χ2n) is 13.2. The molecule has 44 heavy (non-hydrogen) atoms. The van der Waals surface area contributed by atoms with Gasteiger partial charge in [-0.2, -0.15) is 0 Å². The molecule has 1 aliphatic carbocycles. The minimum atomic E-state index is 0.0958. The summed E-state index contributed by atoms with van der Waals surface area (Å²) in [7, 11) is 0. The van der Waals surface area contributed by atoms with Gasteiger partial charge in [0.05, 0.1) is 12.1 Å². The largest absolute Gasteiger partial charge is 0.507 e. The molecule has 0 aliphatic heterocycles. The van der Waals surface area contributed by atoms with Crippen LogP contribution in [-0.4, -0.2) is 34.7 Å². The van der Waals surface area contributed by atoms with Crippen molar-refractivity contribution in [3.05, 3.63) is 58.7 Å². The summed E-state index contributed by atoms with van der Waals surface area (Å²) in [4.78, 5) is 9.90.